The Balaban J connectivity index is 1.26. The first-order chi connectivity index (χ1) is 17.1. The number of ether oxygens (including phenoxy) is 3. The molecule has 1 atom stereocenters. The summed E-state index contributed by atoms with van der Waals surface area (Å²) in [5.41, 5.74) is -0.229. The topological polar surface area (TPSA) is 77.1 Å². The summed E-state index contributed by atoms with van der Waals surface area (Å²) in [5, 5.41) is 3.14. The highest BCUT2D eigenvalue weighted by atomic mass is 19.3. The van der Waals surface area contributed by atoms with Gasteiger partial charge in [0.2, 0.25) is 11.8 Å². The summed E-state index contributed by atoms with van der Waals surface area (Å²) in [6.45, 7) is 2.57. The first-order valence-corrected chi connectivity index (χ1v) is 12.0. The van der Waals surface area contributed by atoms with E-state index in [2.05, 4.69) is 14.8 Å². The van der Waals surface area contributed by atoms with Crippen molar-refractivity contribution in [2.75, 3.05) is 13.1 Å². The Hall–Kier alpha value is -3.43. The van der Waals surface area contributed by atoms with Gasteiger partial charge in [-0.3, -0.25) is 9.59 Å². The third-order valence-corrected chi connectivity index (χ3v) is 7.82. The molecule has 0 bridgehead atoms. The van der Waals surface area contributed by atoms with Crippen molar-refractivity contribution in [2.24, 2.45) is 0 Å². The van der Waals surface area contributed by atoms with Crippen LogP contribution in [0.5, 0.6) is 17.2 Å². The Kier molecular flexibility index (Phi) is 4.97. The summed E-state index contributed by atoms with van der Waals surface area (Å²) in [7, 11) is 0. The molecule has 3 heterocycles. The lowest BCUT2D eigenvalue weighted by molar-refractivity contribution is -0.286. The van der Waals surface area contributed by atoms with E-state index >= 15 is 0 Å². The van der Waals surface area contributed by atoms with E-state index in [0.717, 1.165) is 0 Å². The molecule has 3 aliphatic heterocycles. The lowest BCUT2D eigenvalue weighted by Crippen LogP contribution is -2.53. The second-order valence-corrected chi connectivity index (χ2v) is 10.1. The molecule has 190 valence electrons. The molecule has 2 fully saturated rings. The quantitative estimate of drug-likeness (QED) is 0.681. The van der Waals surface area contributed by atoms with E-state index < -0.39 is 29.2 Å². The van der Waals surface area contributed by atoms with Crippen molar-refractivity contribution in [1.82, 2.24) is 10.2 Å². The molecule has 2 amide bonds. The van der Waals surface area contributed by atoms with Crippen molar-refractivity contribution in [3.05, 3.63) is 53.3 Å². The fourth-order valence-corrected chi connectivity index (χ4v) is 5.62. The summed E-state index contributed by atoms with van der Waals surface area (Å²) in [4.78, 5) is 27.2. The molecule has 1 spiro atoms. The zero-order chi connectivity index (χ0) is 25.3. The zero-order valence-corrected chi connectivity index (χ0v) is 19.6. The Morgan fingerprint density at radius 1 is 0.944 bits per heavy atom. The molecule has 1 N–H and O–H groups in total. The number of alkyl halides is 2. The number of piperidine rings is 1. The van der Waals surface area contributed by atoms with Crippen LogP contribution in [-0.2, 0) is 15.0 Å². The molecule has 6 rings (SSSR count). The maximum absolute atomic E-state index is 14.1. The average Bonchev–Trinajstić information content (AvgIpc) is 3.56. The highest BCUT2D eigenvalue weighted by Gasteiger charge is 2.54. The molecule has 1 saturated carbocycles. The Morgan fingerprint density at radius 2 is 1.67 bits per heavy atom. The Bertz CT molecular complexity index is 1250. The van der Waals surface area contributed by atoms with Gasteiger partial charge in [0.05, 0.1) is 11.5 Å². The molecule has 10 heteroatoms. The highest BCUT2D eigenvalue weighted by Crippen LogP contribution is 2.53. The largest absolute Gasteiger partial charge is 0.586 e. The molecular formula is C26H25F3N2O5. The van der Waals surface area contributed by atoms with Crippen LogP contribution < -0.4 is 19.5 Å². The second kappa shape index (κ2) is 7.78. The van der Waals surface area contributed by atoms with Crippen LogP contribution >= 0.6 is 0 Å². The molecule has 2 aromatic rings. The summed E-state index contributed by atoms with van der Waals surface area (Å²) >= 11 is 0. The van der Waals surface area contributed by atoms with Crippen LogP contribution in [0.2, 0.25) is 0 Å². The van der Waals surface area contributed by atoms with Gasteiger partial charge in [0.15, 0.2) is 11.5 Å². The number of hydrogen-bond donors (Lipinski definition) is 1. The predicted octanol–water partition coefficient (Wildman–Crippen LogP) is 4.20. The molecule has 1 saturated heterocycles. The number of nitrogens with zero attached hydrogens (tertiary/aromatic N) is 1. The summed E-state index contributed by atoms with van der Waals surface area (Å²) in [6.07, 6.45) is -0.993. The minimum Gasteiger partial charge on any atom is -0.487 e. The Labute approximate surface area is 205 Å². The van der Waals surface area contributed by atoms with Crippen molar-refractivity contribution >= 4 is 11.8 Å². The van der Waals surface area contributed by atoms with Crippen molar-refractivity contribution in [2.45, 2.75) is 62.4 Å². The van der Waals surface area contributed by atoms with Gasteiger partial charge in [-0.15, -0.1) is 8.78 Å². The van der Waals surface area contributed by atoms with E-state index in [1.54, 1.807) is 17.0 Å². The van der Waals surface area contributed by atoms with Gasteiger partial charge in [-0.1, -0.05) is 12.1 Å². The second-order valence-electron chi connectivity index (χ2n) is 10.1. The molecule has 7 nitrogen and oxygen atoms in total. The predicted molar refractivity (Wildman–Crippen MR) is 120 cm³/mol. The maximum atomic E-state index is 14.1. The van der Waals surface area contributed by atoms with E-state index in [-0.39, 0.29) is 23.3 Å². The van der Waals surface area contributed by atoms with E-state index in [4.69, 9.17) is 4.74 Å². The molecule has 4 aliphatic rings. The molecule has 0 radical (unpaired) electrons. The van der Waals surface area contributed by atoms with Gasteiger partial charge < -0.3 is 24.4 Å². The van der Waals surface area contributed by atoms with Crippen LogP contribution in [-0.4, -0.2) is 41.7 Å². The van der Waals surface area contributed by atoms with Gasteiger partial charge in [-0.2, -0.15) is 0 Å². The van der Waals surface area contributed by atoms with Crippen LogP contribution in [0.4, 0.5) is 13.2 Å². The van der Waals surface area contributed by atoms with E-state index in [1.165, 1.54) is 31.2 Å². The van der Waals surface area contributed by atoms with E-state index in [0.29, 0.717) is 62.1 Å². The molecule has 0 aromatic heterocycles. The first kappa shape index (κ1) is 23.0. The van der Waals surface area contributed by atoms with Crippen molar-refractivity contribution in [1.29, 1.82) is 0 Å². The smallest absolute Gasteiger partial charge is 0.487 e. The van der Waals surface area contributed by atoms with Gasteiger partial charge in [0, 0.05) is 50.9 Å². The number of fused-ring (bicyclic) bond motifs is 2. The zero-order valence-electron chi connectivity index (χ0n) is 19.6. The molecule has 36 heavy (non-hydrogen) atoms. The first-order valence-electron chi connectivity index (χ1n) is 12.0. The SMILES string of the molecule is CC(=O)N1CCC2(CC1)CC(NC(=O)C1(c3ccc4c(c3)OC(F)(F)O4)CC1)c1ccc(F)cc1O2. The molecule has 1 unspecified atom stereocenters. The van der Waals surface area contributed by atoms with Gasteiger partial charge in [0.25, 0.3) is 0 Å². The lowest BCUT2D eigenvalue weighted by atomic mass is 9.80. The third kappa shape index (κ3) is 3.83. The average molecular weight is 502 g/mol. The van der Waals surface area contributed by atoms with Gasteiger partial charge >= 0.3 is 6.29 Å². The number of hydrogen-bond acceptors (Lipinski definition) is 5. The minimum atomic E-state index is -3.73. The summed E-state index contributed by atoms with van der Waals surface area (Å²) in [6, 6.07) is 8.30. The van der Waals surface area contributed by atoms with Crippen LogP contribution in [0.3, 0.4) is 0 Å². The number of nitrogens with one attached hydrogen (secondary N) is 1. The van der Waals surface area contributed by atoms with Gasteiger partial charge in [-0.25, -0.2) is 4.39 Å². The number of benzene rings is 2. The summed E-state index contributed by atoms with van der Waals surface area (Å²) < 4.78 is 56.4. The van der Waals surface area contributed by atoms with Crippen molar-refractivity contribution in [3.63, 3.8) is 0 Å². The van der Waals surface area contributed by atoms with E-state index in [1.807, 2.05) is 0 Å². The minimum absolute atomic E-state index is 0.00544. The fraction of sp³-hybridized carbons (Fsp3) is 0.462. The number of halogens is 3. The third-order valence-electron chi connectivity index (χ3n) is 7.82. The normalized spacial score (nSPS) is 24.0. The van der Waals surface area contributed by atoms with Gasteiger partial charge in [-0.05, 0) is 36.6 Å². The van der Waals surface area contributed by atoms with Crippen LogP contribution in [0.15, 0.2) is 36.4 Å². The highest BCUT2D eigenvalue weighted by molar-refractivity contribution is 5.92. The van der Waals surface area contributed by atoms with Gasteiger partial charge in [0.1, 0.15) is 17.2 Å². The maximum Gasteiger partial charge on any atom is 0.586 e. The number of amides is 2. The number of carbonyl (C=O) groups is 2. The van der Waals surface area contributed by atoms with Crippen LogP contribution in [0.1, 0.15) is 56.2 Å². The number of rotatable bonds is 3. The van der Waals surface area contributed by atoms with Crippen molar-refractivity contribution in [3.8, 4) is 17.2 Å². The lowest BCUT2D eigenvalue weighted by Gasteiger charge is -2.47. The fourth-order valence-electron chi connectivity index (χ4n) is 5.62. The standard InChI is InChI=1S/C26H25F3N2O5/c1-15(32)31-10-8-24(9-11-31)14-19(18-4-3-17(27)13-21(18)34-24)30-23(33)25(6-7-25)16-2-5-20-22(12-16)36-26(28,29)35-20/h2-5,12-13,19H,6-11,14H2,1H3,(H,30,33). The van der Waals surface area contributed by atoms with E-state index in [9.17, 15) is 22.8 Å². The monoisotopic (exact) mass is 502 g/mol. The van der Waals surface area contributed by atoms with Crippen LogP contribution in [0.25, 0.3) is 0 Å². The number of carbonyl (C=O) groups excluding carboxylic acids is 2. The molecule has 2 aromatic carbocycles. The Morgan fingerprint density at radius 3 is 2.36 bits per heavy atom. The van der Waals surface area contributed by atoms with Crippen LogP contribution in [0, 0.1) is 5.82 Å². The summed E-state index contributed by atoms with van der Waals surface area (Å²) in [5.74, 6) is -0.453. The number of likely N-dealkylation sites (tertiary alicyclic amines) is 1. The molecular weight excluding hydrogens is 477 g/mol. The molecule has 1 aliphatic carbocycles. The van der Waals surface area contributed by atoms with Crippen molar-refractivity contribution < 1.29 is 37.0 Å².